The summed E-state index contributed by atoms with van der Waals surface area (Å²) < 4.78 is 51.8. The lowest BCUT2D eigenvalue weighted by Crippen LogP contribution is -2.46. The number of rotatable bonds is 3. The number of amides is 2. The highest BCUT2D eigenvalue weighted by atomic mass is 19.4. The van der Waals surface area contributed by atoms with Crippen molar-refractivity contribution in [2.45, 2.75) is 25.1 Å². The number of carbonyl (C=O) groups is 1. The van der Waals surface area contributed by atoms with Crippen LogP contribution >= 0.6 is 0 Å². The Hall–Kier alpha value is -2.91. The lowest BCUT2D eigenvalue weighted by molar-refractivity contribution is -0.141. The number of para-hydroxylation sites is 1. The van der Waals surface area contributed by atoms with Crippen molar-refractivity contribution in [3.63, 3.8) is 0 Å². The van der Waals surface area contributed by atoms with Crippen LogP contribution in [0.15, 0.2) is 36.7 Å². The van der Waals surface area contributed by atoms with E-state index in [2.05, 4.69) is 20.6 Å². The lowest BCUT2D eigenvalue weighted by atomic mass is 10.1. The van der Waals surface area contributed by atoms with Crippen LogP contribution < -0.4 is 15.5 Å². The molecule has 1 aromatic carbocycles. The highest BCUT2D eigenvalue weighted by Gasteiger charge is 2.33. The summed E-state index contributed by atoms with van der Waals surface area (Å²) in [5.74, 6) is -0.335. The van der Waals surface area contributed by atoms with E-state index in [-0.39, 0.29) is 17.5 Å². The maximum absolute atomic E-state index is 13.5. The SMILES string of the molecule is O=C(Nc1ccccc1F)NC1CCN(c2cc(C(F)(F)F)ncn2)CC1. The van der Waals surface area contributed by atoms with E-state index in [1.54, 1.807) is 11.0 Å². The Morgan fingerprint density at radius 3 is 2.52 bits per heavy atom. The molecule has 10 heteroatoms. The van der Waals surface area contributed by atoms with Crippen LogP contribution in [0, 0.1) is 5.82 Å². The summed E-state index contributed by atoms with van der Waals surface area (Å²) in [7, 11) is 0. The van der Waals surface area contributed by atoms with Gasteiger partial charge in [-0.25, -0.2) is 19.2 Å². The third-order valence-electron chi connectivity index (χ3n) is 4.22. The fourth-order valence-corrected chi connectivity index (χ4v) is 2.83. The Morgan fingerprint density at radius 2 is 1.85 bits per heavy atom. The number of halogens is 4. The van der Waals surface area contributed by atoms with Crippen molar-refractivity contribution in [2.24, 2.45) is 0 Å². The van der Waals surface area contributed by atoms with Gasteiger partial charge < -0.3 is 15.5 Å². The van der Waals surface area contributed by atoms with Gasteiger partial charge in [0.2, 0.25) is 0 Å². The first-order valence-electron chi connectivity index (χ1n) is 8.29. The van der Waals surface area contributed by atoms with Crippen molar-refractivity contribution in [2.75, 3.05) is 23.3 Å². The molecule has 0 unspecified atom stereocenters. The molecule has 2 N–H and O–H groups in total. The zero-order valence-corrected chi connectivity index (χ0v) is 14.1. The quantitative estimate of drug-likeness (QED) is 0.797. The number of hydrogen-bond donors (Lipinski definition) is 2. The van der Waals surface area contributed by atoms with Gasteiger partial charge in [0.25, 0.3) is 0 Å². The van der Waals surface area contributed by atoms with Gasteiger partial charge in [-0.2, -0.15) is 13.2 Å². The number of nitrogens with zero attached hydrogens (tertiary/aromatic N) is 3. The molecule has 0 radical (unpaired) electrons. The van der Waals surface area contributed by atoms with Crippen LogP contribution in [0.5, 0.6) is 0 Å². The van der Waals surface area contributed by atoms with E-state index in [0.717, 1.165) is 12.4 Å². The Bertz CT molecular complexity index is 806. The predicted octanol–water partition coefficient (Wildman–Crippen LogP) is 3.43. The van der Waals surface area contributed by atoms with Gasteiger partial charge in [0.05, 0.1) is 5.69 Å². The molecular formula is C17H17F4N5O. The third kappa shape index (κ3) is 4.83. The maximum atomic E-state index is 13.5. The van der Waals surface area contributed by atoms with E-state index < -0.39 is 23.7 Å². The molecule has 2 aromatic rings. The van der Waals surface area contributed by atoms with Gasteiger partial charge >= 0.3 is 12.2 Å². The smallest absolute Gasteiger partial charge is 0.356 e. The normalized spacial score (nSPS) is 15.5. The lowest BCUT2D eigenvalue weighted by Gasteiger charge is -2.33. The first-order valence-corrected chi connectivity index (χ1v) is 8.29. The number of carbonyl (C=O) groups excluding carboxylic acids is 1. The molecule has 0 spiro atoms. The van der Waals surface area contributed by atoms with Crippen molar-refractivity contribution < 1.29 is 22.4 Å². The van der Waals surface area contributed by atoms with Crippen molar-refractivity contribution in [1.29, 1.82) is 0 Å². The second-order valence-electron chi connectivity index (χ2n) is 6.10. The molecule has 0 bridgehead atoms. The van der Waals surface area contributed by atoms with Gasteiger partial charge in [0.1, 0.15) is 23.7 Å². The fourth-order valence-electron chi connectivity index (χ4n) is 2.83. The Balaban J connectivity index is 1.53. The summed E-state index contributed by atoms with van der Waals surface area (Å²) in [4.78, 5) is 20.9. The van der Waals surface area contributed by atoms with Crippen LogP contribution in [-0.4, -0.2) is 35.1 Å². The molecule has 0 aliphatic carbocycles. The van der Waals surface area contributed by atoms with Crippen molar-refractivity contribution in [3.05, 3.63) is 48.2 Å². The summed E-state index contributed by atoms with van der Waals surface area (Å²) in [5, 5.41) is 5.19. The van der Waals surface area contributed by atoms with Crippen LogP contribution in [0.4, 0.5) is 33.9 Å². The zero-order valence-electron chi connectivity index (χ0n) is 14.1. The average Bonchev–Trinajstić information content (AvgIpc) is 2.64. The fraction of sp³-hybridized carbons (Fsp3) is 0.353. The number of anilines is 2. The summed E-state index contributed by atoms with van der Waals surface area (Å²) in [6, 6.07) is 6.03. The van der Waals surface area contributed by atoms with Gasteiger partial charge in [-0.15, -0.1) is 0 Å². The maximum Gasteiger partial charge on any atom is 0.433 e. The molecular weight excluding hydrogens is 366 g/mol. The van der Waals surface area contributed by atoms with Crippen molar-refractivity contribution >= 4 is 17.5 Å². The second kappa shape index (κ2) is 7.77. The summed E-state index contributed by atoms with van der Waals surface area (Å²) in [6.07, 6.45) is -2.58. The second-order valence-corrected chi connectivity index (χ2v) is 6.10. The number of aromatic nitrogens is 2. The molecule has 1 saturated heterocycles. The minimum absolute atomic E-state index is 0.0769. The molecule has 2 heterocycles. The van der Waals surface area contributed by atoms with Gasteiger partial charge in [0, 0.05) is 25.2 Å². The van der Waals surface area contributed by atoms with Crippen molar-refractivity contribution in [3.8, 4) is 0 Å². The monoisotopic (exact) mass is 383 g/mol. The van der Waals surface area contributed by atoms with E-state index in [1.807, 2.05) is 0 Å². The summed E-state index contributed by atoms with van der Waals surface area (Å²) >= 11 is 0. The van der Waals surface area contributed by atoms with Crippen LogP contribution in [0.2, 0.25) is 0 Å². The molecule has 3 rings (SSSR count). The van der Waals surface area contributed by atoms with Gasteiger partial charge in [0.15, 0.2) is 0 Å². The van der Waals surface area contributed by atoms with Crippen molar-refractivity contribution in [1.82, 2.24) is 15.3 Å². The number of alkyl halides is 3. The number of nitrogens with one attached hydrogen (secondary N) is 2. The Morgan fingerprint density at radius 1 is 1.15 bits per heavy atom. The molecule has 1 aliphatic rings. The van der Waals surface area contributed by atoms with E-state index >= 15 is 0 Å². The Labute approximate surface area is 152 Å². The van der Waals surface area contributed by atoms with Crippen LogP contribution in [0.25, 0.3) is 0 Å². The summed E-state index contributed by atoms with van der Waals surface area (Å²) in [5.41, 5.74) is -0.912. The number of benzene rings is 1. The van der Waals surface area contributed by atoms with E-state index in [0.29, 0.717) is 25.9 Å². The van der Waals surface area contributed by atoms with Crippen LogP contribution in [-0.2, 0) is 6.18 Å². The average molecular weight is 383 g/mol. The van der Waals surface area contributed by atoms with Gasteiger partial charge in [-0.05, 0) is 25.0 Å². The minimum atomic E-state index is -4.53. The highest BCUT2D eigenvalue weighted by molar-refractivity contribution is 5.89. The largest absolute Gasteiger partial charge is 0.433 e. The number of piperidine rings is 1. The minimum Gasteiger partial charge on any atom is -0.356 e. The molecule has 27 heavy (non-hydrogen) atoms. The molecule has 0 saturated carbocycles. The van der Waals surface area contributed by atoms with Crippen LogP contribution in [0.3, 0.4) is 0 Å². The molecule has 1 aromatic heterocycles. The van der Waals surface area contributed by atoms with E-state index in [9.17, 15) is 22.4 Å². The number of urea groups is 1. The van der Waals surface area contributed by atoms with Gasteiger partial charge in [-0.1, -0.05) is 12.1 Å². The molecule has 1 fully saturated rings. The standard InChI is InChI=1S/C17H17F4N5O/c18-12-3-1-2-4-13(12)25-16(27)24-11-5-7-26(8-6-11)15-9-14(17(19,20)21)22-10-23-15/h1-4,9-11H,5-8H2,(H2,24,25,27). The number of hydrogen-bond acceptors (Lipinski definition) is 4. The zero-order chi connectivity index (χ0) is 19.4. The van der Waals surface area contributed by atoms with E-state index in [1.165, 1.54) is 18.2 Å². The topological polar surface area (TPSA) is 70.2 Å². The highest BCUT2D eigenvalue weighted by Crippen LogP contribution is 2.29. The first kappa shape index (κ1) is 18.9. The molecule has 6 nitrogen and oxygen atoms in total. The predicted molar refractivity (Wildman–Crippen MR) is 90.8 cm³/mol. The van der Waals surface area contributed by atoms with E-state index in [4.69, 9.17) is 0 Å². The Kier molecular flexibility index (Phi) is 5.43. The van der Waals surface area contributed by atoms with Crippen LogP contribution in [0.1, 0.15) is 18.5 Å². The third-order valence-corrected chi connectivity index (χ3v) is 4.22. The molecule has 2 amide bonds. The summed E-state index contributed by atoms with van der Waals surface area (Å²) in [6.45, 7) is 0.859. The molecule has 0 atom stereocenters. The molecule has 144 valence electrons. The van der Waals surface area contributed by atoms with Gasteiger partial charge in [-0.3, -0.25) is 0 Å². The molecule has 1 aliphatic heterocycles. The first-order chi connectivity index (χ1) is 12.8.